The highest BCUT2D eigenvalue weighted by atomic mass is 16.5. The van der Waals surface area contributed by atoms with Gasteiger partial charge in [0, 0.05) is 0 Å². The van der Waals surface area contributed by atoms with Crippen LogP contribution in [0.15, 0.2) is 0 Å². The summed E-state index contributed by atoms with van der Waals surface area (Å²) in [6.07, 6.45) is -4.05. The highest BCUT2D eigenvalue weighted by Crippen LogP contribution is 2.16. The van der Waals surface area contributed by atoms with E-state index in [-0.39, 0.29) is 6.61 Å². The van der Waals surface area contributed by atoms with Crippen molar-refractivity contribution in [1.82, 2.24) is 0 Å². The van der Waals surface area contributed by atoms with Crippen molar-refractivity contribution in [3.8, 4) is 0 Å². The second-order valence-corrected chi connectivity index (χ2v) is 2.61. The van der Waals surface area contributed by atoms with Crippen molar-refractivity contribution in [2.24, 2.45) is 0 Å². The van der Waals surface area contributed by atoms with E-state index in [9.17, 15) is 0 Å². The lowest BCUT2D eigenvalue weighted by Gasteiger charge is -2.18. The first-order valence-electron chi connectivity index (χ1n) is 3.43. The van der Waals surface area contributed by atoms with Crippen molar-refractivity contribution in [1.29, 1.82) is 0 Å². The summed E-state index contributed by atoms with van der Waals surface area (Å²) in [4.78, 5) is 0. The lowest BCUT2D eigenvalue weighted by Crippen LogP contribution is -2.40. The topological polar surface area (TPSA) is 90.2 Å². The zero-order valence-electron chi connectivity index (χ0n) is 5.92. The van der Waals surface area contributed by atoms with Gasteiger partial charge in [0.15, 0.2) is 0 Å². The minimum absolute atomic E-state index is 0.00287. The number of rotatable bonds is 2. The molecule has 0 bridgehead atoms. The van der Waals surface area contributed by atoms with Crippen molar-refractivity contribution in [3.63, 3.8) is 0 Å². The van der Waals surface area contributed by atoms with E-state index in [1.54, 1.807) is 0 Å². The van der Waals surface area contributed by atoms with Gasteiger partial charge < -0.3 is 25.2 Å². The van der Waals surface area contributed by atoms with Crippen LogP contribution in [0.3, 0.4) is 0 Å². The van der Waals surface area contributed by atoms with Crippen LogP contribution in [0.2, 0.25) is 0 Å². The normalized spacial score (nSPS) is 40.9. The summed E-state index contributed by atoms with van der Waals surface area (Å²) in [5.41, 5.74) is 0. The summed E-state index contributed by atoms with van der Waals surface area (Å²) in [5, 5.41) is 35.5. The van der Waals surface area contributed by atoms with Crippen LogP contribution in [0.5, 0.6) is 0 Å². The molecule has 0 saturated carbocycles. The van der Waals surface area contributed by atoms with Gasteiger partial charge in [0.05, 0.1) is 13.2 Å². The third-order valence-corrected chi connectivity index (χ3v) is 1.76. The van der Waals surface area contributed by atoms with Crippen molar-refractivity contribution < 1.29 is 25.2 Å². The molecule has 11 heavy (non-hydrogen) atoms. The Morgan fingerprint density at radius 2 is 2.09 bits per heavy atom. The predicted octanol–water partition coefficient (Wildman–Crippen LogP) is -2.54. The average molecular weight is 164 g/mol. The summed E-state index contributed by atoms with van der Waals surface area (Å²) >= 11 is 0. The van der Waals surface area contributed by atoms with E-state index in [1.807, 2.05) is 0 Å². The van der Waals surface area contributed by atoms with E-state index in [2.05, 4.69) is 0 Å². The maximum atomic E-state index is 9.11. The monoisotopic (exact) mass is 164 g/mol. The van der Waals surface area contributed by atoms with Gasteiger partial charge in [0.25, 0.3) is 0 Å². The summed E-state index contributed by atoms with van der Waals surface area (Å²) < 4.78 is 4.82. The molecule has 1 saturated heterocycles. The molecule has 1 fully saturated rings. The molecule has 1 heterocycles. The first kappa shape index (κ1) is 8.89. The average Bonchev–Trinajstić information content (AvgIpc) is 2.32. The molecule has 5 nitrogen and oxygen atoms in total. The fourth-order valence-corrected chi connectivity index (χ4v) is 1.07. The van der Waals surface area contributed by atoms with Gasteiger partial charge >= 0.3 is 0 Å². The Kier molecular flexibility index (Phi) is 2.80. The molecule has 0 aromatic carbocycles. The zero-order valence-corrected chi connectivity index (χ0v) is 5.92. The Hall–Kier alpha value is -0.200. The van der Waals surface area contributed by atoms with Gasteiger partial charge in [-0.3, -0.25) is 0 Å². The maximum Gasteiger partial charge on any atom is 0.114 e. The fraction of sp³-hybridized carbons (Fsp3) is 1.00. The van der Waals surface area contributed by atoms with Gasteiger partial charge in [-0.25, -0.2) is 0 Å². The number of hydrogen-bond acceptors (Lipinski definition) is 5. The summed E-state index contributed by atoms with van der Waals surface area (Å²) in [7, 11) is 0. The second-order valence-electron chi connectivity index (χ2n) is 2.61. The fourth-order valence-electron chi connectivity index (χ4n) is 1.07. The Morgan fingerprint density at radius 1 is 1.45 bits per heavy atom. The van der Waals surface area contributed by atoms with Gasteiger partial charge in [-0.05, 0) is 0 Å². The van der Waals surface area contributed by atoms with Crippen molar-refractivity contribution in [3.05, 3.63) is 0 Å². The van der Waals surface area contributed by atoms with Crippen LogP contribution in [0.1, 0.15) is 0 Å². The van der Waals surface area contributed by atoms with E-state index in [0.29, 0.717) is 0 Å². The van der Waals surface area contributed by atoms with E-state index >= 15 is 0 Å². The molecule has 0 aromatic heterocycles. The molecule has 1 rings (SSSR count). The van der Waals surface area contributed by atoms with Crippen LogP contribution >= 0.6 is 0 Å². The molecule has 5 heteroatoms. The lowest BCUT2D eigenvalue weighted by atomic mass is 10.1. The minimum Gasteiger partial charge on any atom is -0.394 e. The van der Waals surface area contributed by atoms with Crippen molar-refractivity contribution >= 4 is 0 Å². The Morgan fingerprint density at radius 3 is 2.45 bits per heavy atom. The number of ether oxygens (including phenoxy) is 1. The molecule has 0 amide bonds. The molecule has 66 valence electrons. The quantitative estimate of drug-likeness (QED) is 0.361. The van der Waals surface area contributed by atoms with E-state index < -0.39 is 31.0 Å². The van der Waals surface area contributed by atoms with Crippen LogP contribution in [0, 0.1) is 0 Å². The predicted molar refractivity (Wildman–Crippen MR) is 34.8 cm³/mol. The lowest BCUT2D eigenvalue weighted by molar-refractivity contribution is -0.0684. The molecule has 4 N–H and O–H groups in total. The molecule has 0 aliphatic carbocycles. The van der Waals surface area contributed by atoms with Gasteiger partial charge in [-0.1, -0.05) is 0 Å². The molecule has 1 unspecified atom stereocenters. The smallest absolute Gasteiger partial charge is 0.114 e. The standard InChI is InChI=1S/C6H12O5/c7-1-3(8)6-5(10)4(9)2-11-6/h3-10H,1-2H2/t3?,4-,5-,6-/m1/s1. The van der Waals surface area contributed by atoms with Crippen LogP contribution < -0.4 is 0 Å². The Balaban J connectivity index is 2.47. The summed E-state index contributed by atoms with van der Waals surface area (Å²) in [6, 6.07) is 0. The van der Waals surface area contributed by atoms with Crippen LogP contribution in [0.25, 0.3) is 0 Å². The third kappa shape index (κ3) is 1.69. The van der Waals surface area contributed by atoms with Crippen LogP contribution in [-0.2, 0) is 4.74 Å². The van der Waals surface area contributed by atoms with Crippen molar-refractivity contribution in [2.75, 3.05) is 13.2 Å². The molecule has 0 radical (unpaired) electrons. The molecule has 0 spiro atoms. The molecule has 0 aromatic rings. The van der Waals surface area contributed by atoms with Crippen LogP contribution in [0.4, 0.5) is 0 Å². The Bertz CT molecular complexity index is 128. The third-order valence-electron chi connectivity index (χ3n) is 1.76. The molecular weight excluding hydrogens is 152 g/mol. The maximum absolute atomic E-state index is 9.11. The van der Waals surface area contributed by atoms with E-state index in [1.165, 1.54) is 0 Å². The number of aliphatic hydroxyl groups excluding tert-OH is 4. The van der Waals surface area contributed by atoms with Crippen molar-refractivity contribution in [2.45, 2.75) is 24.4 Å². The highest BCUT2D eigenvalue weighted by molar-refractivity contribution is 4.87. The largest absolute Gasteiger partial charge is 0.394 e. The first-order chi connectivity index (χ1) is 5.16. The molecule has 1 aliphatic rings. The summed E-state index contributed by atoms with van der Waals surface area (Å²) in [5.74, 6) is 0. The van der Waals surface area contributed by atoms with Gasteiger partial charge in [-0.15, -0.1) is 0 Å². The SMILES string of the molecule is OCC(O)[C@H]1OC[C@@H](O)[C@H]1O. The molecular formula is C6H12O5. The Labute approximate surface area is 63.8 Å². The first-order valence-corrected chi connectivity index (χ1v) is 3.43. The molecule has 4 atom stereocenters. The number of aliphatic hydroxyl groups is 4. The highest BCUT2D eigenvalue weighted by Gasteiger charge is 2.38. The zero-order chi connectivity index (χ0) is 8.43. The summed E-state index contributed by atoms with van der Waals surface area (Å²) in [6.45, 7) is -0.475. The number of hydrogen-bond donors (Lipinski definition) is 4. The van der Waals surface area contributed by atoms with Gasteiger partial charge in [0.1, 0.15) is 24.4 Å². The van der Waals surface area contributed by atoms with Gasteiger partial charge in [0.2, 0.25) is 0 Å². The second kappa shape index (κ2) is 3.46. The van der Waals surface area contributed by atoms with E-state index in [0.717, 1.165) is 0 Å². The van der Waals surface area contributed by atoms with Gasteiger partial charge in [-0.2, -0.15) is 0 Å². The molecule has 1 aliphatic heterocycles. The van der Waals surface area contributed by atoms with E-state index in [4.69, 9.17) is 25.2 Å². The minimum atomic E-state index is -1.12. The van der Waals surface area contributed by atoms with Crippen LogP contribution in [-0.4, -0.2) is 58.1 Å².